The molecule has 1 aliphatic heterocycles. The third kappa shape index (κ3) is 4.87. The van der Waals surface area contributed by atoms with E-state index in [1.54, 1.807) is 11.3 Å². The number of hydrogen-bond acceptors (Lipinski definition) is 4. The van der Waals surface area contributed by atoms with Crippen LogP contribution in [0.5, 0.6) is 0 Å². The normalized spacial score (nSPS) is 20.6. The average Bonchev–Trinajstić information content (AvgIpc) is 2.85. The van der Waals surface area contributed by atoms with Gasteiger partial charge in [-0.25, -0.2) is 13.1 Å². The van der Waals surface area contributed by atoms with Crippen LogP contribution in [-0.2, 0) is 23.0 Å². The lowest BCUT2D eigenvalue weighted by Gasteiger charge is -2.22. The molecule has 2 rings (SSSR count). The van der Waals surface area contributed by atoms with Crippen molar-refractivity contribution in [3.8, 4) is 0 Å². The Bertz CT molecular complexity index is 490. The molecule has 0 radical (unpaired) electrons. The average molecular weight is 302 g/mol. The first kappa shape index (κ1) is 15.0. The summed E-state index contributed by atoms with van der Waals surface area (Å²) in [4.78, 5) is 2.38. The molecule has 1 aromatic rings. The van der Waals surface area contributed by atoms with E-state index in [9.17, 15) is 8.42 Å². The number of rotatable bonds is 6. The lowest BCUT2D eigenvalue weighted by Crippen LogP contribution is -2.37. The van der Waals surface area contributed by atoms with Crippen molar-refractivity contribution >= 4 is 21.4 Å². The van der Waals surface area contributed by atoms with Gasteiger partial charge in [-0.1, -0.05) is 6.92 Å². The second-order valence-electron chi connectivity index (χ2n) is 5.04. The first-order valence-corrected chi connectivity index (χ1v) is 9.31. The molecule has 0 aromatic carbocycles. The quantitative estimate of drug-likeness (QED) is 0.841. The van der Waals surface area contributed by atoms with E-state index < -0.39 is 10.0 Å². The molecular weight excluding hydrogens is 280 g/mol. The minimum atomic E-state index is -3.16. The summed E-state index contributed by atoms with van der Waals surface area (Å²) in [7, 11) is -3.16. The van der Waals surface area contributed by atoms with Gasteiger partial charge in [0.05, 0.1) is 5.75 Å². The van der Waals surface area contributed by atoms with Gasteiger partial charge >= 0.3 is 0 Å². The van der Waals surface area contributed by atoms with Gasteiger partial charge in [-0.3, -0.25) is 0 Å². The first-order valence-electron chi connectivity index (χ1n) is 6.84. The van der Waals surface area contributed by atoms with Crippen molar-refractivity contribution in [3.05, 3.63) is 21.9 Å². The maximum Gasteiger partial charge on any atom is 0.212 e. The highest BCUT2D eigenvalue weighted by molar-refractivity contribution is 7.89. The van der Waals surface area contributed by atoms with Gasteiger partial charge in [0.25, 0.3) is 0 Å². The molecular formula is C13H22N2O2S2. The molecule has 0 aliphatic carbocycles. The van der Waals surface area contributed by atoms with Crippen LogP contribution < -0.4 is 10.0 Å². The van der Waals surface area contributed by atoms with Crippen molar-refractivity contribution < 1.29 is 8.42 Å². The summed E-state index contributed by atoms with van der Waals surface area (Å²) in [6, 6.07) is 4.08. The molecule has 6 heteroatoms. The van der Waals surface area contributed by atoms with Crippen LogP contribution in [0.4, 0.5) is 0 Å². The van der Waals surface area contributed by atoms with Gasteiger partial charge in [-0.15, -0.1) is 11.3 Å². The molecule has 0 spiro atoms. The largest absolute Gasteiger partial charge is 0.316 e. The summed E-state index contributed by atoms with van der Waals surface area (Å²) in [5, 5.41) is 3.25. The highest BCUT2D eigenvalue weighted by Crippen LogP contribution is 2.17. The van der Waals surface area contributed by atoms with Crippen LogP contribution in [0.2, 0.25) is 0 Å². The molecule has 1 aliphatic rings. The minimum Gasteiger partial charge on any atom is -0.316 e. The van der Waals surface area contributed by atoms with Crippen LogP contribution >= 0.6 is 11.3 Å². The summed E-state index contributed by atoms with van der Waals surface area (Å²) >= 11 is 1.68. The van der Waals surface area contributed by atoms with Crippen LogP contribution in [0, 0.1) is 5.92 Å². The van der Waals surface area contributed by atoms with E-state index >= 15 is 0 Å². The maximum atomic E-state index is 12.0. The standard InChI is InChI=1S/C13H22N2O2S2/c1-2-12-5-6-13(18-12)9-15-19(16,17)10-11-4-3-7-14-8-11/h5-6,11,14-15H,2-4,7-10H2,1H3. The van der Waals surface area contributed by atoms with E-state index in [0.29, 0.717) is 6.54 Å². The van der Waals surface area contributed by atoms with Crippen LogP contribution in [0.25, 0.3) is 0 Å². The number of hydrogen-bond donors (Lipinski definition) is 2. The zero-order chi connectivity index (χ0) is 13.7. The third-order valence-electron chi connectivity index (χ3n) is 3.39. The van der Waals surface area contributed by atoms with E-state index in [4.69, 9.17) is 0 Å². The molecule has 0 saturated carbocycles. The van der Waals surface area contributed by atoms with Crippen molar-refractivity contribution in [2.45, 2.75) is 32.7 Å². The summed E-state index contributed by atoms with van der Waals surface area (Å²) < 4.78 is 26.7. The monoisotopic (exact) mass is 302 g/mol. The van der Waals surface area contributed by atoms with Gasteiger partial charge in [-0.05, 0) is 50.4 Å². The number of piperidine rings is 1. The van der Waals surface area contributed by atoms with Crippen molar-refractivity contribution in [2.75, 3.05) is 18.8 Å². The molecule has 0 bridgehead atoms. The second kappa shape index (κ2) is 6.83. The van der Waals surface area contributed by atoms with Gasteiger partial charge in [0.2, 0.25) is 10.0 Å². The zero-order valence-electron chi connectivity index (χ0n) is 11.3. The summed E-state index contributed by atoms with van der Waals surface area (Å²) in [6.45, 7) is 4.36. The molecule has 1 fully saturated rings. The summed E-state index contributed by atoms with van der Waals surface area (Å²) in [5.41, 5.74) is 0. The molecule has 2 heterocycles. The van der Waals surface area contributed by atoms with Crippen LogP contribution in [0.3, 0.4) is 0 Å². The minimum absolute atomic E-state index is 0.242. The van der Waals surface area contributed by atoms with E-state index in [1.807, 2.05) is 6.07 Å². The highest BCUT2D eigenvalue weighted by atomic mass is 32.2. The molecule has 1 aromatic heterocycles. The Morgan fingerprint density at radius 2 is 2.21 bits per heavy atom. The predicted octanol–water partition coefficient (Wildman–Crippen LogP) is 1.73. The predicted molar refractivity (Wildman–Crippen MR) is 79.9 cm³/mol. The number of thiophene rings is 1. The Hall–Kier alpha value is -0.430. The molecule has 2 N–H and O–H groups in total. The Morgan fingerprint density at radius 3 is 2.84 bits per heavy atom. The summed E-state index contributed by atoms with van der Waals surface area (Å²) in [6.07, 6.45) is 3.09. The SMILES string of the molecule is CCc1ccc(CNS(=O)(=O)CC2CCCNC2)s1. The fourth-order valence-corrected chi connectivity index (χ4v) is 4.71. The Labute approximate surface area is 119 Å². The van der Waals surface area contributed by atoms with E-state index in [2.05, 4.69) is 23.0 Å². The van der Waals surface area contributed by atoms with Crippen LogP contribution in [0.1, 0.15) is 29.5 Å². The van der Waals surface area contributed by atoms with Crippen LogP contribution in [0.15, 0.2) is 12.1 Å². The Morgan fingerprint density at radius 1 is 1.42 bits per heavy atom. The highest BCUT2D eigenvalue weighted by Gasteiger charge is 2.20. The fourth-order valence-electron chi connectivity index (χ4n) is 2.32. The van der Waals surface area contributed by atoms with E-state index in [1.165, 1.54) is 4.88 Å². The third-order valence-corrected chi connectivity index (χ3v) is 6.11. The van der Waals surface area contributed by atoms with Crippen molar-refractivity contribution in [2.24, 2.45) is 5.92 Å². The lowest BCUT2D eigenvalue weighted by molar-refractivity contribution is 0.402. The number of sulfonamides is 1. The Balaban J connectivity index is 1.83. The molecule has 19 heavy (non-hydrogen) atoms. The van der Waals surface area contributed by atoms with Crippen molar-refractivity contribution in [3.63, 3.8) is 0 Å². The molecule has 4 nitrogen and oxygen atoms in total. The molecule has 0 amide bonds. The van der Waals surface area contributed by atoms with E-state index in [0.717, 1.165) is 37.2 Å². The fraction of sp³-hybridized carbons (Fsp3) is 0.692. The lowest BCUT2D eigenvalue weighted by atomic mass is 10.0. The van der Waals surface area contributed by atoms with Crippen LogP contribution in [-0.4, -0.2) is 27.3 Å². The molecule has 1 atom stereocenters. The maximum absolute atomic E-state index is 12.0. The molecule has 1 unspecified atom stereocenters. The van der Waals surface area contributed by atoms with Crippen molar-refractivity contribution in [1.29, 1.82) is 0 Å². The van der Waals surface area contributed by atoms with E-state index in [-0.39, 0.29) is 11.7 Å². The topological polar surface area (TPSA) is 58.2 Å². The number of aryl methyl sites for hydroxylation is 1. The van der Waals surface area contributed by atoms with Crippen molar-refractivity contribution in [1.82, 2.24) is 10.0 Å². The molecule has 108 valence electrons. The Kier molecular flexibility index (Phi) is 5.38. The van der Waals surface area contributed by atoms with Gasteiger partial charge in [-0.2, -0.15) is 0 Å². The van der Waals surface area contributed by atoms with Gasteiger partial charge < -0.3 is 5.32 Å². The molecule has 1 saturated heterocycles. The number of nitrogens with one attached hydrogen (secondary N) is 2. The first-order chi connectivity index (χ1) is 9.09. The van der Waals surface area contributed by atoms with Gasteiger partial charge in [0, 0.05) is 16.3 Å². The smallest absolute Gasteiger partial charge is 0.212 e. The van der Waals surface area contributed by atoms with Gasteiger partial charge in [0.15, 0.2) is 0 Å². The van der Waals surface area contributed by atoms with Gasteiger partial charge in [0.1, 0.15) is 0 Å². The summed E-state index contributed by atoms with van der Waals surface area (Å²) in [5.74, 6) is 0.493. The second-order valence-corrected chi connectivity index (χ2v) is 8.14. The zero-order valence-corrected chi connectivity index (χ0v) is 12.9.